The third-order valence-corrected chi connectivity index (χ3v) is 3.42. The molecule has 0 saturated heterocycles. The van der Waals surface area contributed by atoms with E-state index in [0.717, 1.165) is 36.4 Å². The SMILES string of the molecule is O=C(NNc1ccc([N+](=O)[O-])cc1[N+](=O)[O-])c1ccc([N+](=O)[O-])cc1Cl. The molecule has 134 valence electrons. The Morgan fingerprint density at radius 1 is 0.885 bits per heavy atom. The van der Waals surface area contributed by atoms with Crippen LogP contribution in [0.15, 0.2) is 36.4 Å². The van der Waals surface area contributed by atoms with Gasteiger partial charge in [0.25, 0.3) is 17.3 Å². The summed E-state index contributed by atoms with van der Waals surface area (Å²) in [5.41, 5.74) is 2.64. The molecule has 13 heteroatoms. The molecule has 12 nitrogen and oxygen atoms in total. The Kier molecular flexibility index (Phi) is 5.27. The lowest BCUT2D eigenvalue weighted by molar-refractivity contribution is -0.393. The van der Waals surface area contributed by atoms with Crippen molar-refractivity contribution in [3.8, 4) is 0 Å². The van der Waals surface area contributed by atoms with E-state index in [1.54, 1.807) is 0 Å². The summed E-state index contributed by atoms with van der Waals surface area (Å²) in [4.78, 5) is 42.1. The Morgan fingerprint density at radius 3 is 2.00 bits per heavy atom. The molecule has 2 N–H and O–H groups in total. The molecule has 0 heterocycles. The molecule has 0 fully saturated rings. The number of nitro groups is 3. The second-order valence-corrected chi connectivity index (χ2v) is 5.12. The van der Waals surface area contributed by atoms with Gasteiger partial charge in [0.1, 0.15) is 5.69 Å². The minimum absolute atomic E-state index is 0.116. The van der Waals surface area contributed by atoms with Crippen molar-refractivity contribution < 1.29 is 19.6 Å². The van der Waals surface area contributed by atoms with Crippen LogP contribution in [0.2, 0.25) is 5.02 Å². The number of benzene rings is 2. The number of non-ortho nitro benzene ring substituents is 2. The molecular formula is C13H8ClN5O7. The predicted molar refractivity (Wildman–Crippen MR) is 88.9 cm³/mol. The number of hydrogen-bond donors (Lipinski definition) is 2. The first-order valence-electron chi connectivity index (χ1n) is 6.64. The molecule has 26 heavy (non-hydrogen) atoms. The summed E-state index contributed by atoms with van der Waals surface area (Å²) in [5, 5.41) is 32.1. The number of nitrogens with zero attached hydrogens (tertiary/aromatic N) is 3. The van der Waals surface area contributed by atoms with E-state index in [0.29, 0.717) is 0 Å². The number of nitrogens with one attached hydrogen (secondary N) is 2. The number of rotatable bonds is 6. The zero-order valence-corrected chi connectivity index (χ0v) is 13.3. The van der Waals surface area contributed by atoms with E-state index in [-0.39, 0.29) is 22.0 Å². The van der Waals surface area contributed by atoms with Crippen LogP contribution >= 0.6 is 11.6 Å². The number of anilines is 1. The van der Waals surface area contributed by atoms with E-state index in [2.05, 4.69) is 10.9 Å². The second-order valence-electron chi connectivity index (χ2n) is 4.72. The van der Waals surface area contributed by atoms with E-state index in [1.807, 2.05) is 0 Å². The van der Waals surface area contributed by atoms with Crippen LogP contribution < -0.4 is 10.9 Å². The normalized spacial score (nSPS) is 10.0. The van der Waals surface area contributed by atoms with Crippen LogP contribution in [-0.4, -0.2) is 20.7 Å². The summed E-state index contributed by atoms with van der Waals surface area (Å²) >= 11 is 5.81. The van der Waals surface area contributed by atoms with Gasteiger partial charge in [-0.05, 0) is 12.1 Å². The van der Waals surface area contributed by atoms with Crippen molar-refractivity contribution in [2.24, 2.45) is 0 Å². The molecule has 0 unspecified atom stereocenters. The van der Waals surface area contributed by atoms with Gasteiger partial charge in [-0.2, -0.15) is 0 Å². The molecule has 0 spiro atoms. The zero-order chi connectivity index (χ0) is 19.4. The molecule has 2 rings (SSSR count). The highest BCUT2D eigenvalue weighted by Crippen LogP contribution is 2.28. The maximum atomic E-state index is 12.1. The maximum absolute atomic E-state index is 12.1. The van der Waals surface area contributed by atoms with Crippen LogP contribution in [0.5, 0.6) is 0 Å². The molecule has 0 bridgehead atoms. The highest BCUT2D eigenvalue weighted by atomic mass is 35.5. The average molecular weight is 382 g/mol. The van der Waals surface area contributed by atoms with Crippen molar-refractivity contribution in [1.82, 2.24) is 5.43 Å². The number of carbonyl (C=O) groups excluding carboxylic acids is 1. The molecule has 0 aromatic heterocycles. The second kappa shape index (κ2) is 7.40. The van der Waals surface area contributed by atoms with E-state index in [4.69, 9.17) is 11.6 Å². The number of carbonyl (C=O) groups is 1. The molecule has 2 aromatic rings. The zero-order valence-electron chi connectivity index (χ0n) is 12.5. The number of nitro benzene ring substituents is 3. The van der Waals surface area contributed by atoms with Gasteiger partial charge in [-0.15, -0.1) is 0 Å². The van der Waals surface area contributed by atoms with Crippen molar-refractivity contribution in [3.05, 3.63) is 77.3 Å². The van der Waals surface area contributed by atoms with Gasteiger partial charge in [-0.3, -0.25) is 46.0 Å². The van der Waals surface area contributed by atoms with E-state index >= 15 is 0 Å². The molecule has 0 aliphatic carbocycles. The summed E-state index contributed by atoms with van der Waals surface area (Å²) in [6, 6.07) is 5.95. The van der Waals surface area contributed by atoms with Gasteiger partial charge in [0, 0.05) is 18.2 Å². The van der Waals surface area contributed by atoms with Crippen molar-refractivity contribution in [3.63, 3.8) is 0 Å². The molecule has 2 aromatic carbocycles. The summed E-state index contributed by atoms with van der Waals surface area (Å²) in [5.74, 6) is -0.822. The molecular weight excluding hydrogens is 374 g/mol. The van der Waals surface area contributed by atoms with Gasteiger partial charge in [0.15, 0.2) is 0 Å². The highest BCUT2D eigenvalue weighted by Gasteiger charge is 2.21. The lowest BCUT2D eigenvalue weighted by atomic mass is 10.2. The minimum Gasteiger partial charge on any atom is -0.292 e. The topological polar surface area (TPSA) is 171 Å². The quantitative estimate of drug-likeness (QED) is 0.567. The van der Waals surface area contributed by atoms with Crippen LogP contribution in [0.4, 0.5) is 22.7 Å². The standard InChI is InChI=1S/C13H8ClN5O7/c14-10-5-7(17(21)22)1-3-9(10)13(20)16-15-11-4-2-8(18(23)24)6-12(11)19(25)26/h1-6,15H,(H,16,20). The van der Waals surface area contributed by atoms with Crippen molar-refractivity contribution in [2.75, 3.05) is 5.43 Å². The number of hydrazine groups is 1. The summed E-state index contributed by atoms with van der Waals surface area (Å²) in [6.07, 6.45) is 0. The molecule has 0 aliphatic rings. The first-order valence-corrected chi connectivity index (χ1v) is 7.01. The van der Waals surface area contributed by atoms with Gasteiger partial charge in [-0.25, -0.2) is 0 Å². The van der Waals surface area contributed by atoms with Crippen LogP contribution in [0.3, 0.4) is 0 Å². The van der Waals surface area contributed by atoms with E-state index in [9.17, 15) is 35.1 Å². The van der Waals surface area contributed by atoms with Crippen LogP contribution in [0, 0.1) is 30.3 Å². The fourth-order valence-corrected chi connectivity index (χ4v) is 2.14. The van der Waals surface area contributed by atoms with Crippen molar-refractivity contribution in [1.29, 1.82) is 0 Å². The van der Waals surface area contributed by atoms with Crippen LogP contribution in [0.1, 0.15) is 10.4 Å². The molecule has 0 saturated carbocycles. The molecule has 0 atom stereocenters. The lowest BCUT2D eigenvalue weighted by Gasteiger charge is -2.09. The summed E-state index contributed by atoms with van der Waals surface area (Å²) in [6.45, 7) is 0. The Hall–Kier alpha value is -3.80. The fraction of sp³-hybridized carbons (Fsp3) is 0. The smallest absolute Gasteiger partial charge is 0.292 e. The number of halogens is 1. The monoisotopic (exact) mass is 381 g/mol. The Labute approximate surface area is 148 Å². The van der Waals surface area contributed by atoms with Crippen LogP contribution in [0.25, 0.3) is 0 Å². The average Bonchev–Trinajstić information content (AvgIpc) is 2.59. The molecule has 0 aliphatic heterocycles. The maximum Gasteiger partial charge on any atom is 0.300 e. The summed E-state index contributed by atoms with van der Waals surface area (Å²) < 4.78 is 0. The van der Waals surface area contributed by atoms with Gasteiger partial charge in [0.05, 0.1) is 31.4 Å². The minimum atomic E-state index is -0.861. The van der Waals surface area contributed by atoms with Gasteiger partial charge in [-0.1, -0.05) is 11.6 Å². The Morgan fingerprint density at radius 2 is 1.46 bits per heavy atom. The van der Waals surface area contributed by atoms with E-state index in [1.165, 1.54) is 0 Å². The van der Waals surface area contributed by atoms with Gasteiger partial charge < -0.3 is 0 Å². The fourth-order valence-electron chi connectivity index (χ4n) is 1.88. The first-order chi connectivity index (χ1) is 12.2. The number of hydrogen-bond acceptors (Lipinski definition) is 8. The Bertz CT molecular complexity index is 933. The third kappa shape index (κ3) is 3.99. The van der Waals surface area contributed by atoms with Crippen molar-refractivity contribution >= 4 is 40.3 Å². The highest BCUT2D eigenvalue weighted by molar-refractivity contribution is 6.34. The number of amides is 1. The molecule has 0 radical (unpaired) electrons. The first kappa shape index (κ1) is 18.5. The van der Waals surface area contributed by atoms with Gasteiger partial charge >= 0.3 is 5.69 Å². The van der Waals surface area contributed by atoms with E-state index < -0.39 is 32.1 Å². The van der Waals surface area contributed by atoms with Crippen molar-refractivity contribution in [2.45, 2.75) is 0 Å². The Balaban J connectivity index is 2.21. The van der Waals surface area contributed by atoms with Gasteiger partial charge in [0.2, 0.25) is 0 Å². The summed E-state index contributed by atoms with van der Waals surface area (Å²) in [7, 11) is 0. The molecule has 1 amide bonds. The largest absolute Gasteiger partial charge is 0.300 e. The third-order valence-electron chi connectivity index (χ3n) is 3.11. The predicted octanol–water partition coefficient (Wildman–Crippen LogP) is 2.82. The lowest BCUT2D eigenvalue weighted by Crippen LogP contribution is -2.30. The van der Waals surface area contributed by atoms with Crippen LogP contribution in [-0.2, 0) is 0 Å².